The van der Waals surface area contributed by atoms with E-state index in [4.69, 9.17) is 5.73 Å². The SMILES string of the molecule is CCC(CC)(CN)NC(=O)C1NNC(c2ccccc2)C1Br. The minimum atomic E-state index is -0.339. The fraction of sp³-hybridized carbons (Fsp3) is 0.562. The lowest BCUT2D eigenvalue weighted by Gasteiger charge is -2.33. The fourth-order valence-electron chi connectivity index (χ4n) is 2.77. The highest BCUT2D eigenvalue weighted by atomic mass is 79.9. The van der Waals surface area contributed by atoms with Crippen LogP contribution in [0.15, 0.2) is 30.3 Å². The van der Waals surface area contributed by atoms with Crippen LogP contribution in [0.4, 0.5) is 0 Å². The molecule has 0 spiro atoms. The van der Waals surface area contributed by atoms with Gasteiger partial charge in [0, 0.05) is 6.54 Å². The number of carbonyl (C=O) groups excluding carboxylic acids is 1. The third kappa shape index (κ3) is 3.51. The summed E-state index contributed by atoms with van der Waals surface area (Å²) in [6.45, 7) is 4.55. The van der Waals surface area contributed by atoms with E-state index in [1.165, 1.54) is 0 Å². The lowest BCUT2D eigenvalue weighted by molar-refractivity contribution is -0.124. The highest BCUT2D eigenvalue weighted by Crippen LogP contribution is 2.29. The molecule has 2 rings (SSSR count). The van der Waals surface area contributed by atoms with Crippen molar-refractivity contribution in [2.75, 3.05) is 6.54 Å². The van der Waals surface area contributed by atoms with Crippen LogP contribution in [0.2, 0.25) is 0 Å². The summed E-state index contributed by atoms with van der Waals surface area (Å²) < 4.78 is 0. The summed E-state index contributed by atoms with van der Waals surface area (Å²) in [5.41, 5.74) is 13.0. The van der Waals surface area contributed by atoms with Gasteiger partial charge in [-0.3, -0.25) is 4.79 Å². The minimum absolute atomic E-state index is 0.0260. The molecule has 1 aliphatic rings. The Labute approximate surface area is 140 Å². The molecule has 3 unspecified atom stereocenters. The number of rotatable bonds is 6. The molecule has 122 valence electrons. The molecule has 0 bridgehead atoms. The Balaban J connectivity index is 2.06. The molecule has 0 radical (unpaired) electrons. The summed E-state index contributed by atoms with van der Waals surface area (Å²) in [5.74, 6) is -0.0260. The van der Waals surface area contributed by atoms with E-state index in [1.54, 1.807) is 0 Å². The first-order valence-electron chi connectivity index (χ1n) is 7.79. The molecule has 5 nitrogen and oxygen atoms in total. The molecule has 0 saturated carbocycles. The van der Waals surface area contributed by atoms with Crippen LogP contribution in [0.1, 0.15) is 38.3 Å². The monoisotopic (exact) mass is 368 g/mol. The number of benzene rings is 1. The van der Waals surface area contributed by atoms with Gasteiger partial charge in [0.25, 0.3) is 0 Å². The van der Waals surface area contributed by atoms with Crippen LogP contribution < -0.4 is 21.9 Å². The van der Waals surface area contributed by atoms with E-state index in [1.807, 2.05) is 18.2 Å². The van der Waals surface area contributed by atoms with Crippen molar-refractivity contribution in [3.63, 3.8) is 0 Å². The van der Waals surface area contributed by atoms with Crippen molar-refractivity contribution in [2.24, 2.45) is 5.73 Å². The molecule has 1 fully saturated rings. The second kappa shape index (κ2) is 7.55. The van der Waals surface area contributed by atoms with Crippen molar-refractivity contribution in [3.8, 4) is 0 Å². The Morgan fingerprint density at radius 2 is 1.91 bits per heavy atom. The molecule has 1 heterocycles. The van der Waals surface area contributed by atoms with Crippen molar-refractivity contribution >= 4 is 21.8 Å². The van der Waals surface area contributed by atoms with Crippen LogP contribution in [0.5, 0.6) is 0 Å². The Morgan fingerprint density at radius 3 is 2.45 bits per heavy atom. The van der Waals surface area contributed by atoms with Gasteiger partial charge in [0.05, 0.1) is 16.4 Å². The third-order valence-corrected chi connectivity index (χ3v) is 5.66. The molecule has 0 aliphatic carbocycles. The van der Waals surface area contributed by atoms with E-state index in [0.29, 0.717) is 6.54 Å². The van der Waals surface area contributed by atoms with Crippen molar-refractivity contribution < 1.29 is 4.79 Å². The van der Waals surface area contributed by atoms with Crippen LogP contribution >= 0.6 is 15.9 Å². The van der Waals surface area contributed by atoms with Gasteiger partial charge in [-0.25, -0.2) is 10.9 Å². The van der Waals surface area contributed by atoms with Crippen LogP contribution in [-0.2, 0) is 4.79 Å². The minimum Gasteiger partial charge on any atom is -0.348 e. The molecule has 1 aromatic carbocycles. The van der Waals surface area contributed by atoms with Crippen molar-refractivity contribution in [3.05, 3.63) is 35.9 Å². The molecule has 1 aliphatic heterocycles. The van der Waals surface area contributed by atoms with E-state index >= 15 is 0 Å². The summed E-state index contributed by atoms with van der Waals surface area (Å²) in [6.07, 6.45) is 1.64. The largest absolute Gasteiger partial charge is 0.348 e. The number of hydrogen-bond donors (Lipinski definition) is 4. The second-order valence-electron chi connectivity index (χ2n) is 5.78. The van der Waals surface area contributed by atoms with E-state index in [9.17, 15) is 4.79 Å². The third-order valence-electron chi connectivity index (χ3n) is 4.61. The smallest absolute Gasteiger partial charge is 0.240 e. The average molecular weight is 369 g/mol. The van der Waals surface area contributed by atoms with Crippen molar-refractivity contribution in [1.82, 2.24) is 16.2 Å². The van der Waals surface area contributed by atoms with Gasteiger partial charge in [0.15, 0.2) is 0 Å². The average Bonchev–Trinajstić information content (AvgIpc) is 2.95. The van der Waals surface area contributed by atoms with Gasteiger partial charge < -0.3 is 11.1 Å². The van der Waals surface area contributed by atoms with E-state index in [-0.39, 0.29) is 28.4 Å². The molecular formula is C16H25BrN4O. The van der Waals surface area contributed by atoms with Gasteiger partial charge >= 0.3 is 0 Å². The number of amides is 1. The number of alkyl halides is 1. The lowest BCUT2D eigenvalue weighted by atomic mass is 9.92. The number of nitrogens with two attached hydrogens (primary N) is 1. The molecule has 3 atom stereocenters. The predicted octanol–water partition coefficient (Wildman–Crippen LogP) is 1.60. The van der Waals surface area contributed by atoms with E-state index in [2.05, 4.69) is 58.1 Å². The summed E-state index contributed by atoms with van der Waals surface area (Å²) >= 11 is 3.66. The topological polar surface area (TPSA) is 79.2 Å². The molecular weight excluding hydrogens is 344 g/mol. The first-order chi connectivity index (χ1) is 10.6. The van der Waals surface area contributed by atoms with Crippen LogP contribution in [0, 0.1) is 0 Å². The summed E-state index contributed by atoms with van der Waals surface area (Å²) in [7, 11) is 0. The summed E-state index contributed by atoms with van der Waals surface area (Å²) in [6, 6.07) is 9.79. The van der Waals surface area contributed by atoms with E-state index < -0.39 is 0 Å². The van der Waals surface area contributed by atoms with Crippen LogP contribution in [0.25, 0.3) is 0 Å². The number of halogens is 1. The highest BCUT2D eigenvalue weighted by Gasteiger charge is 2.41. The quantitative estimate of drug-likeness (QED) is 0.575. The van der Waals surface area contributed by atoms with Gasteiger partial charge in [0.2, 0.25) is 5.91 Å². The normalized spacial score (nSPS) is 25.2. The molecule has 0 aromatic heterocycles. The van der Waals surface area contributed by atoms with Gasteiger partial charge in [-0.05, 0) is 18.4 Å². The first-order valence-corrected chi connectivity index (χ1v) is 8.70. The first kappa shape index (κ1) is 17.4. The lowest BCUT2D eigenvalue weighted by Crippen LogP contribution is -2.58. The van der Waals surface area contributed by atoms with E-state index in [0.717, 1.165) is 18.4 Å². The van der Waals surface area contributed by atoms with Gasteiger partial charge in [-0.1, -0.05) is 60.1 Å². The second-order valence-corrected chi connectivity index (χ2v) is 6.84. The van der Waals surface area contributed by atoms with Gasteiger partial charge in [-0.2, -0.15) is 0 Å². The number of carbonyl (C=O) groups is 1. The molecule has 1 aromatic rings. The number of hydrazine groups is 1. The standard InChI is InChI=1S/C16H25BrN4O/c1-3-16(4-2,10-18)19-15(22)14-12(17)13(20-21-14)11-8-6-5-7-9-11/h5-9,12-14,20-21H,3-4,10,18H2,1-2H3,(H,19,22). The molecule has 1 amide bonds. The zero-order valence-electron chi connectivity index (χ0n) is 13.1. The maximum Gasteiger partial charge on any atom is 0.240 e. The van der Waals surface area contributed by atoms with Crippen molar-refractivity contribution in [1.29, 1.82) is 0 Å². The highest BCUT2D eigenvalue weighted by molar-refractivity contribution is 9.09. The van der Waals surface area contributed by atoms with Gasteiger partial charge in [-0.15, -0.1) is 0 Å². The Bertz CT molecular complexity index is 484. The molecule has 6 heteroatoms. The van der Waals surface area contributed by atoms with Crippen LogP contribution in [0.3, 0.4) is 0 Å². The zero-order chi connectivity index (χ0) is 16.2. The predicted molar refractivity (Wildman–Crippen MR) is 92.5 cm³/mol. The molecule has 5 N–H and O–H groups in total. The number of hydrogen-bond acceptors (Lipinski definition) is 4. The van der Waals surface area contributed by atoms with Crippen molar-refractivity contribution in [2.45, 2.75) is 49.1 Å². The maximum absolute atomic E-state index is 12.6. The Morgan fingerprint density at radius 1 is 1.27 bits per heavy atom. The fourth-order valence-corrected chi connectivity index (χ4v) is 3.58. The molecule has 1 saturated heterocycles. The molecule has 22 heavy (non-hydrogen) atoms. The zero-order valence-corrected chi connectivity index (χ0v) is 14.7. The summed E-state index contributed by atoms with van der Waals surface area (Å²) in [4.78, 5) is 12.6. The number of nitrogens with one attached hydrogen (secondary N) is 3. The van der Waals surface area contributed by atoms with Crippen LogP contribution in [-0.4, -0.2) is 28.9 Å². The Hall–Kier alpha value is -0.950. The van der Waals surface area contributed by atoms with Gasteiger partial charge in [0.1, 0.15) is 6.04 Å². The Kier molecular flexibility index (Phi) is 5.97. The maximum atomic E-state index is 12.6. The summed E-state index contributed by atoms with van der Waals surface area (Å²) in [5, 5.41) is 3.13.